The van der Waals surface area contributed by atoms with Crippen molar-refractivity contribution in [3.63, 3.8) is 0 Å². The van der Waals surface area contributed by atoms with Gasteiger partial charge in [-0.15, -0.1) is 0 Å². The molecule has 3 rings (SSSR count). The predicted molar refractivity (Wildman–Crippen MR) is 97.9 cm³/mol. The Balaban J connectivity index is 1.34. The molecule has 0 bridgehead atoms. The van der Waals surface area contributed by atoms with Crippen molar-refractivity contribution in [1.82, 2.24) is 15.5 Å². The van der Waals surface area contributed by atoms with E-state index in [0.29, 0.717) is 12.0 Å². The first-order chi connectivity index (χ1) is 11.7. The van der Waals surface area contributed by atoms with Gasteiger partial charge < -0.3 is 15.5 Å². The molecule has 2 saturated heterocycles. The van der Waals surface area contributed by atoms with Crippen LogP contribution in [0.15, 0.2) is 30.3 Å². The summed E-state index contributed by atoms with van der Waals surface area (Å²) in [6, 6.07) is 11.2. The molecule has 24 heavy (non-hydrogen) atoms. The highest BCUT2D eigenvalue weighted by atomic mass is 16.1. The molecule has 2 aliphatic rings. The molecule has 4 heteroatoms. The highest BCUT2D eigenvalue weighted by molar-refractivity contribution is 5.78. The van der Waals surface area contributed by atoms with E-state index in [4.69, 9.17) is 0 Å². The topological polar surface area (TPSA) is 44.4 Å². The van der Waals surface area contributed by atoms with Crippen LogP contribution in [0.4, 0.5) is 0 Å². The number of rotatable bonds is 6. The smallest absolute Gasteiger partial charge is 0.223 e. The predicted octanol–water partition coefficient (Wildman–Crippen LogP) is 2.06. The molecule has 1 aromatic rings. The number of carbonyl (C=O) groups is 1. The molecule has 1 unspecified atom stereocenters. The molecule has 2 fully saturated rings. The number of hydrogen-bond donors (Lipinski definition) is 2. The maximum Gasteiger partial charge on any atom is 0.223 e. The Morgan fingerprint density at radius 3 is 2.92 bits per heavy atom. The molecule has 0 aliphatic carbocycles. The van der Waals surface area contributed by atoms with Gasteiger partial charge in [0.1, 0.15) is 0 Å². The van der Waals surface area contributed by atoms with Gasteiger partial charge in [-0.05, 0) is 57.2 Å². The van der Waals surface area contributed by atoms with Crippen LogP contribution >= 0.6 is 0 Å². The Morgan fingerprint density at radius 1 is 1.29 bits per heavy atom. The fourth-order valence-electron chi connectivity index (χ4n) is 3.97. The number of piperidine rings is 1. The molecule has 132 valence electrons. The summed E-state index contributed by atoms with van der Waals surface area (Å²) in [7, 11) is 0. The lowest BCUT2D eigenvalue weighted by molar-refractivity contribution is -0.126. The third-order valence-electron chi connectivity index (χ3n) is 5.49. The highest BCUT2D eigenvalue weighted by Crippen LogP contribution is 2.18. The summed E-state index contributed by atoms with van der Waals surface area (Å²) in [4.78, 5) is 14.9. The van der Waals surface area contributed by atoms with Crippen LogP contribution in [0, 0.1) is 11.8 Å². The number of hydrogen-bond acceptors (Lipinski definition) is 3. The van der Waals surface area contributed by atoms with Gasteiger partial charge in [-0.2, -0.15) is 0 Å². The van der Waals surface area contributed by atoms with Gasteiger partial charge in [0, 0.05) is 31.6 Å². The largest absolute Gasteiger partial charge is 0.356 e. The molecule has 0 saturated carbocycles. The zero-order valence-corrected chi connectivity index (χ0v) is 14.8. The number of benzene rings is 1. The van der Waals surface area contributed by atoms with Crippen LogP contribution in [-0.4, -0.2) is 49.6 Å². The second-order valence-electron chi connectivity index (χ2n) is 7.51. The summed E-state index contributed by atoms with van der Waals surface area (Å²) in [5.41, 5.74) is 1.41. The third kappa shape index (κ3) is 5.05. The number of nitrogens with zero attached hydrogens (tertiary/aromatic N) is 1. The Kier molecular flexibility index (Phi) is 6.27. The minimum absolute atomic E-state index is 0.205. The van der Waals surface area contributed by atoms with Crippen molar-refractivity contribution in [3.8, 4) is 0 Å². The molecule has 2 heterocycles. The maximum atomic E-state index is 12.3. The lowest BCUT2D eigenvalue weighted by Crippen LogP contribution is -2.43. The van der Waals surface area contributed by atoms with E-state index in [1.807, 2.05) is 0 Å². The van der Waals surface area contributed by atoms with Crippen molar-refractivity contribution < 1.29 is 4.79 Å². The molecule has 2 N–H and O–H groups in total. The van der Waals surface area contributed by atoms with E-state index in [1.54, 1.807) is 0 Å². The van der Waals surface area contributed by atoms with Gasteiger partial charge in [-0.1, -0.05) is 30.3 Å². The van der Waals surface area contributed by atoms with E-state index < -0.39 is 0 Å². The maximum absolute atomic E-state index is 12.3. The minimum atomic E-state index is 0.205. The van der Waals surface area contributed by atoms with Crippen LogP contribution in [0.2, 0.25) is 0 Å². The van der Waals surface area contributed by atoms with Crippen LogP contribution in [-0.2, 0) is 11.2 Å². The van der Waals surface area contributed by atoms with Crippen LogP contribution in [0.1, 0.15) is 31.7 Å². The van der Waals surface area contributed by atoms with E-state index in [1.165, 1.54) is 12.0 Å². The first-order valence-corrected chi connectivity index (χ1v) is 9.48. The summed E-state index contributed by atoms with van der Waals surface area (Å²) in [6.07, 6.45) is 4.27. The Hall–Kier alpha value is -1.39. The molecular weight excluding hydrogens is 298 g/mol. The fourth-order valence-corrected chi connectivity index (χ4v) is 3.97. The number of carbonyl (C=O) groups excluding carboxylic acids is 1. The third-order valence-corrected chi connectivity index (χ3v) is 5.49. The lowest BCUT2D eigenvalue weighted by Gasteiger charge is -2.27. The normalized spacial score (nSPS) is 28.0. The van der Waals surface area contributed by atoms with Crippen molar-refractivity contribution in [2.75, 3.05) is 32.7 Å². The Bertz CT molecular complexity index is 519. The molecule has 1 aromatic carbocycles. The van der Waals surface area contributed by atoms with Gasteiger partial charge in [0.2, 0.25) is 5.91 Å². The quantitative estimate of drug-likeness (QED) is 0.840. The monoisotopic (exact) mass is 329 g/mol. The van der Waals surface area contributed by atoms with Crippen LogP contribution in [0.3, 0.4) is 0 Å². The van der Waals surface area contributed by atoms with Crippen LogP contribution < -0.4 is 10.6 Å². The van der Waals surface area contributed by atoms with Gasteiger partial charge in [-0.3, -0.25) is 4.79 Å². The summed E-state index contributed by atoms with van der Waals surface area (Å²) in [5.74, 6) is 1.09. The summed E-state index contributed by atoms with van der Waals surface area (Å²) < 4.78 is 0. The average Bonchev–Trinajstić information content (AvgIpc) is 3.07. The van der Waals surface area contributed by atoms with Gasteiger partial charge in [0.25, 0.3) is 0 Å². The Labute approximate surface area is 146 Å². The van der Waals surface area contributed by atoms with Gasteiger partial charge in [-0.25, -0.2) is 0 Å². The standard InChI is InChI=1S/C20H31N3O/c1-16-13-19(7-10-21-16)20(24)22-14-18-9-12-23(15-18)11-8-17-5-3-2-4-6-17/h2-6,16,18-19,21H,7-15H2,1H3,(H,22,24)/t16-,18?,19-/m0/s1. The fraction of sp³-hybridized carbons (Fsp3) is 0.650. The Morgan fingerprint density at radius 2 is 2.12 bits per heavy atom. The van der Waals surface area contributed by atoms with Crippen molar-refractivity contribution in [3.05, 3.63) is 35.9 Å². The molecule has 4 nitrogen and oxygen atoms in total. The summed E-state index contributed by atoms with van der Waals surface area (Å²) >= 11 is 0. The van der Waals surface area contributed by atoms with Crippen LogP contribution in [0.5, 0.6) is 0 Å². The van der Waals surface area contributed by atoms with Crippen molar-refractivity contribution in [2.24, 2.45) is 11.8 Å². The average molecular weight is 329 g/mol. The van der Waals surface area contributed by atoms with Crippen molar-refractivity contribution in [2.45, 2.75) is 38.6 Å². The first-order valence-electron chi connectivity index (χ1n) is 9.48. The molecule has 0 spiro atoms. The second-order valence-corrected chi connectivity index (χ2v) is 7.51. The van der Waals surface area contributed by atoms with E-state index in [9.17, 15) is 4.79 Å². The van der Waals surface area contributed by atoms with E-state index in [0.717, 1.165) is 52.0 Å². The summed E-state index contributed by atoms with van der Waals surface area (Å²) in [6.45, 7) is 7.39. The zero-order valence-electron chi connectivity index (χ0n) is 14.8. The molecule has 0 radical (unpaired) electrons. The number of nitrogens with one attached hydrogen (secondary N) is 2. The van der Waals surface area contributed by atoms with E-state index in [2.05, 4.69) is 52.8 Å². The van der Waals surface area contributed by atoms with Crippen LogP contribution in [0.25, 0.3) is 0 Å². The van der Waals surface area contributed by atoms with E-state index in [-0.39, 0.29) is 11.8 Å². The van der Waals surface area contributed by atoms with Crippen molar-refractivity contribution in [1.29, 1.82) is 0 Å². The zero-order chi connectivity index (χ0) is 16.8. The highest BCUT2D eigenvalue weighted by Gasteiger charge is 2.27. The number of likely N-dealkylation sites (tertiary alicyclic amines) is 1. The lowest BCUT2D eigenvalue weighted by atomic mass is 9.92. The molecular formula is C20H31N3O. The van der Waals surface area contributed by atoms with Gasteiger partial charge in [0.05, 0.1) is 0 Å². The summed E-state index contributed by atoms with van der Waals surface area (Å²) in [5, 5.41) is 6.63. The van der Waals surface area contributed by atoms with Crippen molar-refractivity contribution >= 4 is 5.91 Å². The minimum Gasteiger partial charge on any atom is -0.356 e. The molecule has 2 aliphatic heterocycles. The SMILES string of the molecule is C[C@H]1C[C@@H](C(=O)NCC2CCN(CCc3ccccc3)C2)CCN1. The molecule has 3 atom stereocenters. The molecule has 1 amide bonds. The molecule has 0 aromatic heterocycles. The number of amides is 1. The van der Waals surface area contributed by atoms with Gasteiger partial charge >= 0.3 is 0 Å². The van der Waals surface area contributed by atoms with E-state index >= 15 is 0 Å². The second kappa shape index (κ2) is 8.63. The van der Waals surface area contributed by atoms with Gasteiger partial charge in [0.15, 0.2) is 0 Å². The first kappa shape index (κ1) is 17.4.